The number of fused-ring (bicyclic) bond motifs is 1. The van der Waals surface area contributed by atoms with Crippen LogP contribution in [0.2, 0.25) is 0 Å². The molecule has 0 saturated heterocycles. The van der Waals surface area contributed by atoms with Crippen LogP contribution in [0.25, 0.3) is 0 Å². The third-order valence-corrected chi connectivity index (χ3v) is 5.50. The predicted octanol–water partition coefficient (Wildman–Crippen LogP) is 5.65. The minimum absolute atomic E-state index is 0.488. The Labute approximate surface area is 132 Å². The van der Waals surface area contributed by atoms with Gasteiger partial charge in [-0.25, -0.2) is 0 Å². The lowest BCUT2D eigenvalue weighted by Gasteiger charge is -2.29. The van der Waals surface area contributed by atoms with Gasteiger partial charge in [-0.15, -0.1) is 11.3 Å². The van der Waals surface area contributed by atoms with Crippen molar-refractivity contribution in [3.8, 4) is 0 Å². The number of rotatable bonds is 6. The van der Waals surface area contributed by atoms with E-state index in [-0.39, 0.29) is 0 Å². The summed E-state index contributed by atoms with van der Waals surface area (Å²) in [7, 11) is 0. The fraction of sp³-hybridized carbons (Fsp3) is 0.474. The van der Waals surface area contributed by atoms with E-state index in [0.29, 0.717) is 12.1 Å². The van der Waals surface area contributed by atoms with Gasteiger partial charge in [0.15, 0.2) is 0 Å². The summed E-state index contributed by atoms with van der Waals surface area (Å²) >= 11 is 1.93. The average molecular weight is 299 g/mol. The van der Waals surface area contributed by atoms with Crippen molar-refractivity contribution in [1.29, 1.82) is 0 Å². The maximum absolute atomic E-state index is 3.96. The van der Waals surface area contributed by atoms with E-state index in [2.05, 4.69) is 54.0 Å². The van der Waals surface area contributed by atoms with Gasteiger partial charge in [0.05, 0.1) is 0 Å². The maximum Gasteiger partial charge on any atom is 0.0336 e. The van der Waals surface area contributed by atoms with Gasteiger partial charge >= 0.3 is 0 Å². The molecule has 2 unspecified atom stereocenters. The summed E-state index contributed by atoms with van der Waals surface area (Å²) in [6.07, 6.45) is 7.65. The molecule has 2 aromatic rings. The Morgan fingerprint density at radius 1 is 1.24 bits per heavy atom. The van der Waals surface area contributed by atoms with E-state index < -0.39 is 0 Å². The summed E-state index contributed by atoms with van der Waals surface area (Å²) in [5, 5.41) is 6.21. The molecule has 1 aromatic heterocycles. The molecule has 0 amide bonds. The largest absolute Gasteiger partial charge is 0.303 e. The van der Waals surface area contributed by atoms with Crippen molar-refractivity contribution < 1.29 is 0 Å². The van der Waals surface area contributed by atoms with Crippen LogP contribution in [-0.2, 0) is 6.42 Å². The number of thiophene rings is 1. The van der Waals surface area contributed by atoms with Gasteiger partial charge in [-0.2, -0.15) is 0 Å². The van der Waals surface area contributed by atoms with Crippen molar-refractivity contribution in [2.45, 2.75) is 57.5 Å². The Bertz CT molecular complexity index is 546. The zero-order chi connectivity index (χ0) is 14.5. The number of aryl methyl sites for hydroxylation is 1. The lowest BCUT2D eigenvalue weighted by molar-refractivity contribution is 0.381. The Morgan fingerprint density at radius 2 is 2.10 bits per heavy atom. The number of unbranched alkanes of at least 4 members (excludes halogenated alkanes) is 1. The first-order chi connectivity index (χ1) is 10.4. The van der Waals surface area contributed by atoms with Gasteiger partial charge in [-0.3, -0.25) is 0 Å². The first-order valence-corrected chi connectivity index (χ1v) is 9.13. The van der Waals surface area contributed by atoms with Crippen LogP contribution >= 0.6 is 11.3 Å². The van der Waals surface area contributed by atoms with E-state index in [0.717, 1.165) is 0 Å². The lowest BCUT2D eigenvalue weighted by atomic mass is 9.91. The van der Waals surface area contributed by atoms with E-state index in [9.17, 15) is 0 Å². The van der Waals surface area contributed by atoms with Gasteiger partial charge in [0.25, 0.3) is 0 Å². The number of nitrogens with one attached hydrogen (secondary N) is 1. The second kappa shape index (κ2) is 7.24. The van der Waals surface area contributed by atoms with Crippen LogP contribution in [0.15, 0.2) is 41.8 Å². The summed E-state index contributed by atoms with van der Waals surface area (Å²) in [5.41, 5.74) is 3.00. The highest BCUT2D eigenvalue weighted by molar-refractivity contribution is 7.10. The summed E-state index contributed by atoms with van der Waals surface area (Å²) in [5.74, 6) is 0. The molecule has 0 radical (unpaired) electrons. The molecule has 1 nitrogen and oxygen atoms in total. The molecule has 112 valence electrons. The van der Waals surface area contributed by atoms with Crippen molar-refractivity contribution >= 4 is 11.3 Å². The van der Waals surface area contributed by atoms with Gasteiger partial charge in [0.1, 0.15) is 0 Å². The zero-order valence-corrected chi connectivity index (χ0v) is 13.7. The second-order valence-electron chi connectivity index (χ2n) is 6.02. The minimum atomic E-state index is 0.488. The van der Waals surface area contributed by atoms with E-state index in [1.807, 2.05) is 11.3 Å². The smallest absolute Gasteiger partial charge is 0.0336 e. The molecule has 0 saturated carbocycles. The summed E-state index contributed by atoms with van der Waals surface area (Å²) < 4.78 is 0. The minimum Gasteiger partial charge on any atom is -0.303 e. The molecule has 1 heterocycles. The summed E-state index contributed by atoms with van der Waals surface area (Å²) in [6.45, 7) is 2.28. The van der Waals surface area contributed by atoms with Crippen LogP contribution in [0.3, 0.4) is 0 Å². The molecule has 1 aromatic carbocycles. The van der Waals surface area contributed by atoms with Crippen molar-refractivity contribution in [1.82, 2.24) is 5.32 Å². The Kier molecular flexibility index (Phi) is 5.10. The third-order valence-electron chi connectivity index (χ3n) is 4.50. The van der Waals surface area contributed by atoms with Crippen LogP contribution in [-0.4, -0.2) is 0 Å². The fourth-order valence-electron chi connectivity index (χ4n) is 3.34. The van der Waals surface area contributed by atoms with Gasteiger partial charge in [-0.1, -0.05) is 50.1 Å². The first kappa shape index (κ1) is 14.8. The topological polar surface area (TPSA) is 12.0 Å². The van der Waals surface area contributed by atoms with Crippen LogP contribution in [0.5, 0.6) is 0 Å². The molecule has 0 fully saturated rings. The monoisotopic (exact) mass is 299 g/mol. The molecular weight excluding hydrogens is 274 g/mol. The maximum atomic E-state index is 3.96. The van der Waals surface area contributed by atoms with Crippen LogP contribution in [0.4, 0.5) is 0 Å². The van der Waals surface area contributed by atoms with E-state index in [1.165, 1.54) is 44.1 Å². The standard InChI is InChI=1S/C19H25NS/c1-2-3-10-17(15-8-5-4-6-9-15)20-18-11-7-12-19-16(18)13-14-21-19/h4-6,8-9,13-14,17-18,20H,2-3,7,10-12H2,1H3. The molecule has 1 N–H and O–H groups in total. The number of benzene rings is 1. The molecule has 2 atom stereocenters. The lowest BCUT2D eigenvalue weighted by Crippen LogP contribution is -2.28. The molecule has 0 bridgehead atoms. The van der Waals surface area contributed by atoms with Gasteiger partial charge in [0.2, 0.25) is 0 Å². The van der Waals surface area contributed by atoms with Crippen molar-refractivity contribution in [2.24, 2.45) is 0 Å². The van der Waals surface area contributed by atoms with Crippen LogP contribution in [0, 0.1) is 0 Å². The van der Waals surface area contributed by atoms with E-state index >= 15 is 0 Å². The fourth-order valence-corrected chi connectivity index (χ4v) is 4.33. The molecule has 0 aliphatic heterocycles. The highest BCUT2D eigenvalue weighted by Gasteiger charge is 2.24. The number of hydrogen-bond donors (Lipinski definition) is 1. The van der Waals surface area contributed by atoms with Gasteiger partial charge in [0, 0.05) is 17.0 Å². The van der Waals surface area contributed by atoms with E-state index in [1.54, 1.807) is 10.4 Å². The zero-order valence-electron chi connectivity index (χ0n) is 12.8. The third kappa shape index (κ3) is 3.56. The quantitative estimate of drug-likeness (QED) is 0.727. The van der Waals surface area contributed by atoms with Crippen molar-refractivity contribution in [3.63, 3.8) is 0 Å². The average Bonchev–Trinajstić information content (AvgIpc) is 3.01. The first-order valence-electron chi connectivity index (χ1n) is 8.25. The van der Waals surface area contributed by atoms with Crippen LogP contribution in [0.1, 0.15) is 67.1 Å². The summed E-state index contributed by atoms with van der Waals surface area (Å²) in [6, 6.07) is 14.3. The molecule has 1 aliphatic rings. The molecule has 2 heteroatoms. The summed E-state index contributed by atoms with van der Waals surface area (Å²) in [4.78, 5) is 1.60. The Hall–Kier alpha value is -1.12. The molecule has 21 heavy (non-hydrogen) atoms. The van der Waals surface area contributed by atoms with E-state index in [4.69, 9.17) is 0 Å². The Morgan fingerprint density at radius 3 is 2.90 bits per heavy atom. The Balaban J connectivity index is 1.76. The highest BCUT2D eigenvalue weighted by Crippen LogP contribution is 2.35. The van der Waals surface area contributed by atoms with Crippen LogP contribution < -0.4 is 5.32 Å². The molecule has 0 spiro atoms. The van der Waals surface area contributed by atoms with Gasteiger partial charge in [-0.05, 0) is 48.3 Å². The molecule has 3 rings (SSSR count). The van der Waals surface area contributed by atoms with Crippen molar-refractivity contribution in [2.75, 3.05) is 0 Å². The van der Waals surface area contributed by atoms with Crippen molar-refractivity contribution in [3.05, 3.63) is 57.8 Å². The normalized spacial score (nSPS) is 19.2. The molecular formula is C19H25NS. The second-order valence-corrected chi connectivity index (χ2v) is 7.02. The highest BCUT2D eigenvalue weighted by atomic mass is 32.1. The van der Waals surface area contributed by atoms with Gasteiger partial charge < -0.3 is 5.32 Å². The number of hydrogen-bond acceptors (Lipinski definition) is 2. The predicted molar refractivity (Wildman–Crippen MR) is 91.8 cm³/mol. The SMILES string of the molecule is CCCCC(NC1CCCc2sccc21)c1ccccc1. The molecule has 1 aliphatic carbocycles.